The van der Waals surface area contributed by atoms with Crippen LogP contribution in [0.15, 0.2) is 65.7 Å². The number of pyridine rings is 1. The number of aliphatic hydroxyl groups is 1. The van der Waals surface area contributed by atoms with Gasteiger partial charge in [-0.1, -0.05) is 43.2 Å². The second-order valence-electron chi connectivity index (χ2n) is 10.6. The summed E-state index contributed by atoms with van der Waals surface area (Å²) >= 11 is 0. The third kappa shape index (κ3) is 5.00. The molecule has 4 aromatic rings. The molecule has 1 aromatic carbocycles. The average molecular weight is 544 g/mol. The summed E-state index contributed by atoms with van der Waals surface area (Å²) in [5.41, 5.74) is 0.886. The fourth-order valence-corrected chi connectivity index (χ4v) is 5.89. The number of rotatable bonds is 10. The molecule has 0 unspecified atom stereocenters. The maximum Gasteiger partial charge on any atom is 0.294 e. The third-order valence-corrected chi connectivity index (χ3v) is 8.01. The number of hydrogen-bond acceptors (Lipinski definition) is 7. The first-order valence-electron chi connectivity index (χ1n) is 13.8. The predicted molar refractivity (Wildman–Crippen MR) is 148 cm³/mol. The normalized spacial score (nSPS) is 16.6. The largest absolute Gasteiger partial charge is 0.481 e. The Balaban J connectivity index is 1.39. The van der Waals surface area contributed by atoms with Gasteiger partial charge in [0, 0.05) is 30.7 Å². The number of fused-ring (bicyclic) bond motifs is 1. The smallest absolute Gasteiger partial charge is 0.294 e. The Morgan fingerprint density at radius 1 is 1.15 bits per heavy atom. The monoisotopic (exact) mass is 543 g/mol. The molecule has 1 aliphatic carbocycles. The van der Waals surface area contributed by atoms with E-state index in [1.807, 2.05) is 42.5 Å². The SMILES string of the molecule is O=C(c1nc(CC2(n3ccc4cccnc43)CCCC2)[nH]c(=O)c1OCc1ccccc1)N(CCO)C1COC1. The molecule has 208 valence electrons. The van der Waals surface area contributed by atoms with E-state index >= 15 is 0 Å². The molecule has 2 fully saturated rings. The first kappa shape index (κ1) is 26.2. The molecule has 1 saturated heterocycles. The fourth-order valence-electron chi connectivity index (χ4n) is 5.89. The van der Waals surface area contributed by atoms with Gasteiger partial charge in [-0.15, -0.1) is 0 Å². The van der Waals surface area contributed by atoms with Crippen LogP contribution in [0.4, 0.5) is 0 Å². The van der Waals surface area contributed by atoms with Crippen molar-refractivity contribution in [2.75, 3.05) is 26.4 Å². The molecule has 0 bridgehead atoms. The number of amides is 1. The van der Waals surface area contributed by atoms with Crippen LogP contribution in [0.25, 0.3) is 11.0 Å². The molecule has 10 nitrogen and oxygen atoms in total. The lowest BCUT2D eigenvalue weighted by atomic mass is 9.92. The lowest BCUT2D eigenvalue weighted by Gasteiger charge is -2.37. The Labute approximate surface area is 231 Å². The van der Waals surface area contributed by atoms with Crippen molar-refractivity contribution in [1.82, 2.24) is 24.4 Å². The van der Waals surface area contributed by atoms with E-state index in [1.165, 1.54) is 4.90 Å². The van der Waals surface area contributed by atoms with Gasteiger partial charge in [-0.3, -0.25) is 9.59 Å². The van der Waals surface area contributed by atoms with Crippen molar-refractivity contribution in [1.29, 1.82) is 0 Å². The van der Waals surface area contributed by atoms with E-state index in [0.717, 1.165) is 42.3 Å². The highest BCUT2D eigenvalue weighted by molar-refractivity contribution is 5.95. The highest BCUT2D eigenvalue weighted by Gasteiger charge is 2.39. The second-order valence-corrected chi connectivity index (χ2v) is 10.6. The van der Waals surface area contributed by atoms with Gasteiger partial charge in [0.15, 0.2) is 5.69 Å². The van der Waals surface area contributed by atoms with Gasteiger partial charge in [-0.05, 0) is 36.6 Å². The zero-order valence-electron chi connectivity index (χ0n) is 22.3. The molecular weight excluding hydrogens is 510 g/mol. The predicted octanol–water partition coefficient (Wildman–Crippen LogP) is 3.04. The van der Waals surface area contributed by atoms with Crippen LogP contribution in [0, 0.1) is 0 Å². The van der Waals surface area contributed by atoms with Crippen LogP contribution in [0.2, 0.25) is 0 Å². The van der Waals surface area contributed by atoms with Crippen molar-refractivity contribution in [3.63, 3.8) is 0 Å². The van der Waals surface area contributed by atoms with E-state index in [9.17, 15) is 14.7 Å². The highest BCUT2D eigenvalue weighted by Crippen LogP contribution is 2.41. The van der Waals surface area contributed by atoms with Gasteiger partial charge in [0.25, 0.3) is 11.5 Å². The first-order valence-corrected chi connectivity index (χ1v) is 13.8. The molecule has 2 N–H and O–H groups in total. The number of aromatic nitrogens is 4. The highest BCUT2D eigenvalue weighted by atomic mass is 16.5. The molecule has 2 aliphatic rings. The fraction of sp³-hybridized carbons (Fsp3) is 0.400. The van der Waals surface area contributed by atoms with E-state index in [1.54, 1.807) is 6.20 Å². The molecule has 1 amide bonds. The van der Waals surface area contributed by atoms with Crippen LogP contribution in [0.5, 0.6) is 5.75 Å². The minimum Gasteiger partial charge on any atom is -0.481 e. The Kier molecular flexibility index (Phi) is 7.36. The Morgan fingerprint density at radius 3 is 2.67 bits per heavy atom. The Hall–Kier alpha value is -4.02. The maximum absolute atomic E-state index is 13.9. The Bertz CT molecular complexity index is 1540. The van der Waals surface area contributed by atoms with E-state index in [4.69, 9.17) is 14.5 Å². The number of H-pyrrole nitrogens is 1. The molecule has 1 aliphatic heterocycles. The molecule has 10 heteroatoms. The minimum atomic E-state index is -0.498. The van der Waals surface area contributed by atoms with E-state index in [0.29, 0.717) is 25.5 Å². The summed E-state index contributed by atoms with van der Waals surface area (Å²) in [5.74, 6) is -0.144. The van der Waals surface area contributed by atoms with E-state index in [2.05, 4.69) is 26.8 Å². The Morgan fingerprint density at radius 2 is 1.95 bits per heavy atom. The quantitative estimate of drug-likeness (QED) is 0.315. The van der Waals surface area contributed by atoms with Crippen LogP contribution in [0.1, 0.15) is 47.6 Å². The number of carbonyl (C=O) groups excluding carboxylic acids is 1. The van der Waals surface area contributed by atoms with Crippen LogP contribution >= 0.6 is 0 Å². The molecule has 0 radical (unpaired) electrons. The second kappa shape index (κ2) is 11.2. The molecule has 40 heavy (non-hydrogen) atoms. The third-order valence-electron chi connectivity index (χ3n) is 8.01. The topological polar surface area (TPSA) is 123 Å². The number of hydrogen-bond donors (Lipinski definition) is 2. The lowest BCUT2D eigenvalue weighted by molar-refractivity contribution is -0.0572. The van der Waals surface area contributed by atoms with Gasteiger partial charge >= 0.3 is 0 Å². The molecule has 3 aromatic heterocycles. The molecule has 1 saturated carbocycles. The summed E-state index contributed by atoms with van der Waals surface area (Å²) in [7, 11) is 0. The molecule has 0 spiro atoms. The van der Waals surface area contributed by atoms with Crippen LogP contribution in [0.3, 0.4) is 0 Å². The summed E-state index contributed by atoms with van der Waals surface area (Å²) in [6.07, 6.45) is 8.19. The summed E-state index contributed by atoms with van der Waals surface area (Å²) in [4.78, 5) is 41.2. The number of aromatic amines is 1. The molecular formula is C30H33N5O5. The van der Waals surface area contributed by atoms with E-state index < -0.39 is 11.5 Å². The first-order chi connectivity index (χ1) is 19.6. The number of nitrogens with zero attached hydrogens (tertiary/aromatic N) is 4. The van der Waals surface area contributed by atoms with Gasteiger partial charge in [-0.25, -0.2) is 9.97 Å². The van der Waals surface area contributed by atoms with Crippen LogP contribution in [-0.2, 0) is 23.3 Å². The van der Waals surface area contributed by atoms with Crippen LogP contribution < -0.4 is 10.3 Å². The number of aliphatic hydroxyl groups excluding tert-OH is 1. The number of ether oxygens (including phenoxy) is 2. The van der Waals surface area contributed by atoms with Gasteiger partial charge in [-0.2, -0.15) is 0 Å². The summed E-state index contributed by atoms with van der Waals surface area (Å²) in [5, 5.41) is 10.7. The van der Waals surface area contributed by atoms with Gasteiger partial charge in [0.1, 0.15) is 18.1 Å². The summed E-state index contributed by atoms with van der Waals surface area (Å²) in [6, 6.07) is 15.3. The standard InChI is InChI=1S/C30H33N5O5/c36-16-15-34(23-19-39-20-23)29(38)25-26(40-18-21-7-2-1-3-8-21)28(37)33-24(32-25)17-30(11-4-5-12-30)35-14-10-22-9-6-13-31-27(22)35/h1-3,6-10,13-14,23,36H,4-5,11-12,15-20H2,(H,32,33,37). The lowest BCUT2D eigenvalue weighted by Crippen LogP contribution is -2.53. The molecule has 6 rings (SSSR count). The van der Waals surface area contributed by atoms with Crippen LogP contribution in [-0.4, -0.2) is 67.8 Å². The average Bonchev–Trinajstić information content (AvgIpc) is 3.59. The zero-order valence-corrected chi connectivity index (χ0v) is 22.3. The number of nitrogens with one attached hydrogen (secondary N) is 1. The van der Waals surface area contributed by atoms with Crippen molar-refractivity contribution in [3.05, 3.63) is 88.4 Å². The van der Waals surface area contributed by atoms with E-state index in [-0.39, 0.29) is 42.8 Å². The zero-order chi connectivity index (χ0) is 27.5. The van der Waals surface area contributed by atoms with Gasteiger partial charge in [0.05, 0.1) is 31.4 Å². The van der Waals surface area contributed by atoms with Gasteiger partial charge in [0.2, 0.25) is 5.75 Å². The van der Waals surface area contributed by atoms with Crippen molar-refractivity contribution >= 4 is 16.9 Å². The molecule has 4 heterocycles. The van der Waals surface area contributed by atoms with Crippen molar-refractivity contribution < 1.29 is 19.4 Å². The molecule has 0 atom stereocenters. The minimum absolute atomic E-state index is 0.0429. The van der Waals surface area contributed by atoms with Crippen molar-refractivity contribution in [2.45, 2.75) is 50.3 Å². The maximum atomic E-state index is 13.9. The number of carbonyl (C=O) groups is 1. The van der Waals surface area contributed by atoms with Crippen molar-refractivity contribution in [3.8, 4) is 5.75 Å². The van der Waals surface area contributed by atoms with Gasteiger partial charge < -0.3 is 29.0 Å². The summed E-state index contributed by atoms with van der Waals surface area (Å²) in [6.45, 7) is 0.759. The van der Waals surface area contributed by atoms with Crippen molar-refractivity contribution in [2.24, 2.45) is 0 Å². The summed E-state index contributed by atoms with van der Waals surface area (Å²) < 4.78 is 13.5. The number of benzene rings is 1.